The number of hydrogen-bond donors (Lipinski definition) is 0. The molecular formula is C38H44N2O6. The van der Waals surface area contributed by atoms with Crippen molar-refractivity contribution < 1.29 is 28.8 Å². The molecule has 0 saturated carbocycles. The molecule has 1 aromatic heterocycles. The second kappa shape index (κ2) is 16.1. The predicted octanol–water partition coefficient (Wildman–Crippen LogP) is 8.85. The highest BCUT2D eigenvalue weighted by Crippen LogP contribution is 2.33. The average Bonchev–Trinajstić information content (AvgIpc) is 3.35. The van der Waals surface area contributed by atoms with Crippen LogP contribution in [0.4, 0.5) is 0 Å². The fourth-order valence-corrected chi connectivity index (χ4v) is 5.79. The van der Waals surface area contributed by atoms with Crippen molar-refractivity contribution in [3.63, 3.8) is 0 Å². The molecule has 1 atom stereocenters. The monoisotopic (exact) mass is 624 g/mol. The van der Waals surface area contributed by atoms with Crippen LogP contribution in [0.25, 0.3) is 21.8 Å². The summed E-state index contributed by atoms with van der Waals surface area (Å²) >= 11 is 0. The van der Waals surface area contributed by atoms with Gasteiger partial charge in [0.2, 0.25) is 5.78 Å². The third kappa shape index (κ3) is 8.36. The number of Topliss-reactive ketones (excluding diaryl/α,β-unsaturated/α-hetero) is 1. The lowest BCUT2D eigenvalue weighted by atomic mass is 9.98. The molecule has 0 N–H and O–H groups in total. The zero-order valence-corrected chi connectivity index (χ0v) is 27.6. The van der Waals surface area contributed by atoms with Crippen molar-refractivity contribution in [2.75, 3.05) is 0 Å². The quantitative estimate of drug-likeness (QED) is 0.0235. The molecule has 3 aromatic carbocycles. The number of ether oxygens (including phenoxy) is 1. The molecule has 0 saturated heterocycles. The van der Waals surface area contributed by atoms with Crippen LogP contribution in [0.3, 0.4) is 0 Å². The molecule has 0 radical (unpaired) electrons. The number of rotatable bonds is 16. The van der Waals surface area contributed by atoms with E-state index < -0.39 is 11.9 Å². The van der Waals surface area contributed by atoms with E-state index in [9.17, 15) is 19.2 Å². The maximum Gasteiger partial charge on any atom is 0.331 e. The molecule has 4 aromatic rings. The molecular weight excluding hydrogens is 580 g/mol. The molecule has 0 amide bonds. The molecule has 1 heterocycles. The summed E-state index contributed by atoms with van der Waals surface area (Å²) < 4.78 is 7.42. The minimum absolute atomic E-state index is 0.162. The molecule has 0 aliphatic heterocycles. The number of benzene rings is 3. The van der Waals surface area contributed by atoms with Crippen LogP contribution in [-0.2, 0) is 21.0 Å². The van der Waals surface area contributed by atoms with Crippen LogP contribution in [0.1, 0.15) is 112 Å². The Bertz CT molecular complexity index is 1750. The highest BCUT2D eigenvalue weighted by Gasteiger charge is 2.21. The van der Waals surface area contributed by atoms with E-state index in [4.69, 9.17) is 9.57 Å². The van der Waals surface area contributed by atoms with Gasteiger partial charge in [-0.05, 0) is 85.8 Å². The number of unbranched alkanes of at least 4 members (excludes halogenated alkanes) is 3. The van der Waals surface area contributed by atoms with Gasteiger partial charge in [-0.25, -0.2) is 4.79 Å². The summed E-state index contributed by atoms with van der Waals surface area (Å²) in [4.78, 5) is 55.0. The number of carbonyl (C=O) groups is 4. The summed E-state index contributed by atoms with van der Waals surface area (Å²) in [6, 6.07) is 17.9. The van der Waals surface area contributed by atoms with Crippen molar-refractivity contribution in [3.05, 3.63) is 77.4 Å². The van der Waals surface area contributed by atoms with Gasteiger partial charge < -0.3 is 14.1 Å². The minimum atomic E-state index is -0.578. The molecule has 242 valence electrons. The Morgan fingerprint density at radius 1 is 0.739 bits per heavy atom. The number of esters is 1. The first-order valence-electron chi connectivity index (χ1n) is 16.3. The average molecular weight is 625 g/mol. The SMILES string of the molecule is CCCCC/C(=N\OC(C)=O)C(=O)c1ccc2c(c1)c1cc(C(=O)c3ccc(OC(C)=O)cc3)ccc1n2CC(CC)CCCC. The summed E-state index contributed by atoms with van der Waals surface area (Å²) in [6.45, 7) is 9.92. The molecule has 0 spiro atoms. The zero-order valence-electron chi connectivity index (χ0n) is 27.6. The number of oxime groups is 1. The lowest BCUT2D eigenvalue weighted by Crippen LogP contribution is -2.16. The van der Waals surface area contributed by atoms with E-state index in [-0.39, 0.29) is 17.3 Å². The van der Waals surface area contributed by atoms with Gasteiger partial charge in [0.05, 0.1) is 0 Å². The topological polar surface area (TPSA) is 104 Å². The Morgan fingerprint density at radius 3 is 1.93 bits per heavy atom. The molecule has 0 bridgehead atoms. The number of hydrogen-bond acceptors (Lipinski definition) is 7. The Labute approximate surface area is 270 Å². The van der Waals surface area contributed by atoms with E-state index in [1.54, 1.807) is 24.3 Å². The van der Waals surface area contributed by atoms with Gasteiger partial charge in [0.15, 0.2) is 5.78 Å². The van der Waals surface area contributed by atoms with Gasteiger partial charge in [-0.15, -0.1) is 0 Å². The summed E-state index contributed by atoms with van der Waals surface area (Å²) in [6.07, 6.45) is 7.54. The van der Waals surface area contributed by atoms with Crippen LogP contribution < -0.4 is 4.74 Å². The van der Waals surface area contributed by atoms with Crippen LogP contribution in [0.15, 0.2) is 65.8 Å². The third-order valence-electron chi connectivity index (χ3n) is 8.32. The van der Waals surface area contributed by atoms with Crippen molar-refractivity contribution in [1.29, 1.82) is 0 Å². The Hall–Kier alpha value is -4.59. The standard InChI is InChI=1S/C38H44N2O6/c1-6-9-11-13-34(39-46-26(5)42)38(44)30-17-21-36-33(23-30)32-22-29(37(43)28-14-18-31(19-15-28)45-25(4)41)16-20-35(32)40(36)24-27(8-3)12-10-7-2/h14-23,27H,6-13,24H2,1-5H3/b39-34+. The third-order valence-corrected chi connectivity index (χ3v) is 8.32. The van der Waals surface area contributed by atoms with E-state index >= 15 is 0 Å². The van der Waals surface area contributed by atoms with Gasteiger partial charge in [0, 0.05) is 58.9 Å². The Balaban J connectivity index is 1.81. The molecule has 0 aliphatic carbocycles. The normalized spacial score (nSPS) is 12.3. The van der Waals surface area contributed by atoms with Crippen molar-refractivity contribution in [2.24, 2.45) is 11.1 Å². The fourth-order valence-electron chi connectivity index (χ4n) is 5.79. The molecule has 8 heteroatoms. The number of nitrogens with zero attached hydrogens (tertiary/aromatic N) is 2. The van der Waals surface area contributed by atoms with Crippen molar-refractivity contribution in [1.82, 2.24) is 4.57 Å². The molecule has 46 heavy (non-hydrogen) atoms. The van der Waals surface area contributed by atoms with Gasteiger partial charge in [-0.2, -0.15) is 0 Å². The lowest BCUT2D eigenvalue weighted by molar-refractivity contribution is -0.141. The summed E-state index contributed by atoms with van der Waals surface area (Å²) in [5, 5.41) is 5.67. The van der Waals surface area contributed by atoms with E-state index in [0.29, 0.717) is 34.8 Å². The lowest BCUT2D eigenvalue weighted by Gasteiger charge is -2.17. The number of aromatic nitrogens is 1. The second-order valence-corrected chi connectivity index (χ2v) is 11.8. The Kier molecular flexibility index (Phi) is 12.0. The summed E-state index contributed by atoms with van der Waals surface area (Å²) in [5.74, 6) is -0.589. The van der Waals surface area contributed by atoms with Crippen molar-refractivity contribution in [2.45, 2.75) is 92.5 Å². The van der Waals surface area contributed by atoms with Crippen molar-refractivity contribution in [3.8, 4) is 5.75 Å². The van der Waals surface area contributed by atoms with E-state index in [2.05, 4.69) is 30.5 Å². The van der Waals surface area contributed by atoms with Crippen LogP contribution in [-0.4, -0.2) is 33.8 Å². The highest BCUT2D eigenvalue weighted by molar-refractivity contribution is 6.46. The molecule has 0 aliphatic rings. The smallest absolute Gasteiger partial charge is 0.331 e. The Morgan fingerprint density at radius 2 is 1.35 bits per heavy atom. The largest absolute Gasteiger partial charge is 0.427 e. The van der Waals surface area contributed by atoms with Gasteiger partial charge in [-0.1, -0.05) is 58.0 Å². The minimum Gasteiger partial charge on any atom is -0.427 e. The fraction of sp³-hybridized carbons (Fsp3) is 0.395. The number of ketones is 2. The predicted molar refractivity (Wildman–Crippen MR) is 182 cm³/mol. The van der Waals surface area contributed by atoms with Crippen LogP contribution >= 0.6 is 0 Å². The second-order valence-electron chi connectivity index (χ2n) is 11.8. The first kappa shape index (κ1) is 34.3. The van der Waals surface area contributed by atoms with Gasteiger partial charge in [0.1, 0.15) is 11.5 Å². The number of fused-ring (bicyclic) bond motifs is 3. The molecule has 0 fully saturated rings. The van der Waals surface area contributed by atoms with Gasteiger partial charge >= 0.3 is 11.9 Å². The van der Waals surface area contributed by atoms with Crippen molar-refractivity contribution >= 4 is 51.0 Å². The first-order chi connectivity index (χ1) is 22.2. The van der Waals surface area contributed by atoms with Gasteiger partial charge in [-0.3, -0.25) is 14.4 Å². The zero-order chi connectivity index (χ0) is 33.2. The maximum atomic E-state index is 13.7. The summed E-state index contributed by atoms with van der Waals surface area (Å²) in [5.41, 5.74) is 3.63. The molecule has 4 rings (SSSR count). The molecule has 8 nitrogen and oxygen atoms in total. The van der Waals surface area contributed by atoms with Gasteiger partial charge in [0.25, 0.3) is 0 Å². The van der Waals surface area contributed by atoms with Crippen LogP contribution in [0.5, 0.6) is 5.75 Å². The maximum absolute atomic E-state index is 13.7. The summed E-state index contributed by atoms with van der Waals surface area (Å²) in [7, 11) is 0. The first-order valence-corrected chi connectivity index (χ1v) is 16.3. The van der Waals surface area contributed by atoms with E-state index in [1.165, 1.54) is 13.8 Å². The highest BCUT2D eigenvalue weighted by atomic mass is 16.7. The van der Waals surface area contributed by atoms with Crippen LogP contribution in [0, 0.1) is 5.92 Å². The number of carbonyl (C=O) groups excluding carboxylic acids is 4. The van der Waals surface area contributed by atoms with E-state index in [1.807, 2.05) is 36.4 Å². The molecule has 1 unspecified atom stereocenters. The van der Waals surface area contributed by atoms with Crippen LogP contribution in [0.2, 0.25) is 0 Å². The van der Waals surface area contributed by atoms with E-state index in [0.717, 1.165) is 73.3 Å².